The minimum Gasteiger partial charge on any atom is -0.353 e. The second kappa shape index (κ2) is 7.65. The number of rotatable bonds is 4. The van der Waals surface area contributed by atoms with Gasteiger partial charge in [0.05, 0.1) is 0 Å². The molecule has 9 heteroatoms. The summed E-state index contributed by atoms with van der Waals surface area (Å²) in [5.41, 5.74) is 0.483. The summed E-state index contributed by atoms with van der Waals surface area (Å²) in [6.07, 6.45) is 4.29. The summed E-state index contributed by atoms with van der Waals surface area (Å²) < 4.78 is 15.5. The van der Waals surface area contributed by atoms with Crippen LogP contribution in [0.4, 0.5) is 15.9 Å². The monoisotopic (exact) mass is 398 g/mol. The first kappa shape index (κ1) is 19.1. The molecule has 0 aliphatic carbocycles. The van der Waals surface area contributed by atoms with E-state index in [0.29, 0.717) is 29.0 Å². The molecule has 0 saturated carbocycles. The summed E-state index contributed by atoms with van der Waals surface area (Å²) in [4.78, 5) is 31.7. The molecule has 3 heterocycles. The molecule has 1 amide bonds. The maximum Gasteiger partial charge on any atom is 0.350 e. The molecule has 1 saturated heterocycles. The van der Waals surface area contributed by atoms with Crippen molar-refractivity contribution in [3.05, 3.63) is 53.0 Å². The van der Waals surface area contributed by atoms with Gasteiger partial charge in [-0.05, 0) is 42.5 Å². The molecule has 1 N–H and O–H groups in total. The van der Waals surface area contributed by atoms with E-state index >= 15 is 0 Å². The summed E-state index contributed by atoms with van der Waals surface area (Å²) in [5.74, 6) is 0.894. The van der Waals surface area contributed by atoms with Crippen LogP contribution in [-0.4, -0.2) is 38.2 Å². The van der Waals surface area contributed by atoms with Crippen LogP contribution in [0.5, 0.6) is 0 Å². The van der Waals surface area contributed by atoms with Crippen LogP contribution in [-0.2, 0) is 11.3 Å². The molecule has 1 aliphatic heterocycles. The Bertz CT molecular complexity index is 1080. The Morgan fingerprint density at radius 3 is 2.59 bits per heavy atom. The lowest BCUT2D eigenvalue weighted by Crippen LogP contribution is -2.39. The first-order valence-corrected chi connectivity index (χ1v) is 9.65. The van der Waals surface area contributed by atoms with Gasteiger partial charge >= 0.3 is 5.69 Å². The van der Waals surface area contributed by atoms with Crippen LogP contribution in [0.2, 0.25) is 0 Å². The molecular formula is C20H23FN6O2. The van der Waals surface area contributed by atoms with E-state index < -0.39 is 11.6 Å². The van der Waals surface area contributed by atoms with Crippen molar-refractivity contribution >= 4 is 23.1 Å². The molecule has 0 spiro atoms. The van der Waals surface area contributed by atoms with Crippen molar-refractivity contribution in [2.24, 2.45) is 11.8 Å². The highest BCUT2D eigenvalue weighted by molar-refractivity contribution is 5.90. The van der Waals surface area contributed by atoms with Crippen molar-refractivity contribution in [3.63, 3.8) is 0 Å². The molecule has 152 valence electrons. The third-order valence-corrected chi connectivity index (χ3v) is 5.07. The highest BCUT2D eigenvalue weighted by Crippen LogP contribution is 2.26. The fourth-order valence-electron chi connectivity index (χ4n) is 3.97. The quantitative estimate of drug-likeness (QED) is 0.728. The van der Waals surface area contributed by atoms with E-state index in [1.807, 2.05) is 0 Å². The SMILES string of the molecule is C[C@@H]1C[C@H](C)CN(c2nccn3c(=O)n(CC(=O)Nc4ccc(F)cc4)nc23)C1. The highest BCUT2D eigenvalue weighted by Gasteiger charge is 2.25. The zero-order chi connectivity index (χ0) is 20.5. The van der Waals surface area contributed by atoms with Crippen LogP contribution in [0.25, 0.3) is 5.65 Å². The minimum absolute atomic E-state index is 0.246. The number of fused-ring (bicyclic) bond motifs is 1. The van der Waals surface area contributed by atoms with Gasteiger partial charge in [-0.3, -0.25) is 4.79 Å². The number of hydrogen-bond acceptors (Lipinski definition) is 5. The molecule has 1 aromatic carbocycles. The largest absolute Gasteiger partial charge is 0.353 e. The van der Waals surface area contributed by atoms with Crippen LogP contribution >= 0.6 is 0 Å². The van der Waals surface area contributed by atoms with Crippen molar-refractivity contribution in [1.29, 1.82) is 0 Å². The van der Waals surface area contributed by atoms with Gasteiger partial charge in [0, 0.05) is 31.2 Å². The van der Waals surface area contributed by atoms with E-state index in [2.05, 4.69) is 34.1 Å². The number of amides is 1. The molecule has 2 aromatic heterocycles. The topological polar surface area (TPSA) is 84.5 Å². The van der Waals surface area contributed by atoms with Gasteiger partial charge in [-0.2, -0.15) is 0 Å². The Morgan fingerprint density at radius 2 is 1.90 bits per heavy atom. The van der Waals surface area contributed by atoms with Gasteiger partial charge in [-0.25, -0.2) is 23.3 Å². The van der Waals surface area contributed by atoms with E-state index in [0.717, 1.165) is 24.2 Å². The van der Waals surface area contributed by atoms with Gasteiger partial charge in [-0.15, -0.1) is 5.10 Å². The molecule has 1 fully saturated rings. The molecule has 0 bridgehead atoms. The zero-order valence-corrected chi connectivity index (χ0v) is 16.4. The number of anilines is 2. The molecule has 29 heavy (non-hydrogen) atoms. The Kier molecular flexibility index (Phi) is 5.04. The minimum atomic E-state index is -0.420. The van der Waals surface area contributed by atoms with Gasteiger partial charge in [-0.1, -0.05) is 13.8 Å². The molecule has 0 radical (unpaired) electrons. The third kappa shape index (κ3) is 3.98. The smallest absolute Gasteiger partial charge is 0.350 e. The van der Waals surface area contributed by atoms with Gasteiger partial charge < -0.3 is 10.2 Å². The number of aromatic nitrogens is 4. The Hall–Kier alpha value is -3.23. The van der Waals surface area contributed by atoms with Crippen molar-refractivity contribution in [2.75, 3.05) is 23.3 Å². The lowest BCUT2D eigenvalue weighted by atomic mass is 9.92. The normalized spacial score (nSPS) is 19.5. The number of hydrogen-bond donors (Lipinski definition) is 1. The third-order valence-electron chi connectivity index (χ3n) is 5.07. The number of nitrogens with zero attached hydrogens (tertiary/aromatic N) is 5. The first-order valence-electron chi connectivity index (χ1n) is 9.65. The van der Waals surface area contributed by atoms with Crippen LogP contribution in [0.3, 0.4) is 0 Å². The van der Waals surface area contributed by atoms with Crippen LogP contribution < -0.4 is 15.9 Å². The molecular weight excluding hydrogens is 375 g/mol. The lowest BCUT2D eigenvalue weighted by molar-refractivity contribution is -0.117. The van der Waals surface area contributed by atoms with Crippen LogP contribution in [0.1, 0.15) is 20.3 Å². The Morgan fingerprint density at radius 1 is 1.21 bits per heavy atom. The van der Waals surface area contributed by atoms with E-state index in [1.54, 1.807) is 12.4 Å². The molecule has 4 rings (SSSR count). The summed E-state index contributed by atoms with van der Waals surface area (Å²) in [7, 11) is 0. The van der Waals surface area contributed by atoms with Gasteiger partial charge in [0.15, 0.2) is 5.82 Å². The van der Waals surface area contributed by atoms with Gasteiger partial charge in [0.2, 0.25) is 11.6 Å². The van der Waals surface area contributed by atoms with Crippen molar-refractivity contribution in [3.8, 4) is 0 Å². The molecule has 1 aliphatic rings. The first-order chi connectivity index (χ1) is 13.9. The second-order valence-electron chi connectivity index (χ2n) is 7.79. The van der Waals surface area contributed by atoms with Gasteiger partial charge in [0.1, 0.15) is 12.4 Å². The summed E-state index contributed by atoms with van der Waals surface area (Å²) >= 11 is 0. The Balaban J connectivity index is 1.59. The average Bonchev–Trinajstić information content (AvgIpc) is 2.98. The van der Waals surface area contributed by atoms with E-state index in [9.17, 15) is 14.0 Å². The molecule has 8 nitrogen and oxygen atoms in total. The van der Waals surface area contributed by atoms with Crippen molar-refractivity contribution in [1.82, 2.24) is 19.2 Å². The number of carbonyl (C=O) groups excluding carboxylic acids is 1. The number of carbonyl (C=O) groups is 1. The average molecular weight is 398 g/mol. The summed E-state index contributed by atoms with van der Waals surface area (Å²) in [6.45, 7) is 5.86. The molecule has 3 aromatic rings. The maximum atomic E-state index is 13.0. The zero-order valence-electron chi connectivity index (χ0n) is 16.4. The lowest BCUT2D eigenvalue weighted by Gasteiger charge is -2.35. The highest BCUT2D eigenvalue weighted by atomic mass is 19.1. The fourth-order valence-corrected chi connectivity index (χ4v) is 3.97. The van der Waals surface area contributed by atoms with Crippen LogP contribution in [0, 0.1) is 17.7 Å². The second-order valence-corrected chi connectivity index (χ2v) is 7.79. The molecule has 2 atom stereocenters. The number of nitrogens with one attached hydrogen (secondary N) is 1. The van der Waals surface area contributed by atoms with E-state index in [1.165, 1.54) is 28.7 Å². The molecule has 0 unspecified atom stereocenters. The number of benzene rings is 1. The summed E-state index contributed by atoms with van der Waals surface area (Å²) in [5, 5.41) is 7.01. The predicted molar refractivity (Wildman–Crippen MR) is 107 cm³/mol. The van der Waals surface area contributed by atoms with Crippen LogP contribution in [0.15, 0.2) is 41.5 Å². The fraction of sp³-hybridized carbons (Fsp3) is 0.400. The summed E-state index contributed by atoms with van der Waals surface area (Å²) in [6, 6.07) is 5.43. The van der Waals surface area contributed by atoms with E-state index in [4.69, 9.17) is 0 Å². The maximum absolute atomic E-state index is 13.0. The van der Waals surface area contributed by atoms with Gasteiger partial charge in [0.25, 0.3) is 0 Å². The number of piperidine rings is 1. The van der Waals surface area contributed by atoms with E-state index in [-0.39, 0.29) is 12.4 Å². The van der Waals surface area contributed by atoms with Crippen molar-refractivity contribution < 1.29 is 9.18 Å². The van der Waals surface area contributed by atoms with Crippen molar-refractivity contribution in [2.45, 2.75) is 26.8 Å². The number of halogens is 1. The Labute approximate surface area is 167 Å². The predicted octanol–water partition coefficient (Wildman–Crippen LogP) is 2.15. The standard InChI is InChI=1S/C20H23FN6O2/c1-13-9-14(2)11-25(10-13)18-19-24-27(20(29)26(19)8-7-22-18)12-17(28)23-16-5-3-15(21)4-6-16/h3-8,13-14H,9-12H2,1-2H3,(H,23,28)/t13-,14+.